The Kier molecular flexibility index (Phi) is 20.1. The third kappa shape index (κ3) is 13.5. The van der Waals surface area contributed by atoms with Gasteiger partial charge in [0.2, 0.25) is 0 Å². The van der Waals surface area contributed by atoms with E-state index in [1.54, 1.807) is 0 Å². The maximum absolute atomic E-state index is 7.50. The van der Waals surface area contributed by atoms with Crippen molar-refractivity contribution in [3.05, 3.63) is 273 Å². The molecule has 0 amide bonds. The molecule has 9 rings (SSSR count). The van der Waals surface area contributed by atoms with Gasteiger partial charge in [0.25, 0.3) is 6.79 Å². The Morgan fingerprint density at radius 1 is 0.250 bits per heavy atom. The Bertz CT molecular complexity index is 1910. The maximum Gasteiger partial charge on any atom is -0.0134 e. The van der Waals surface area contributed by atoms with E-state index in [9.17, 15) is 0 Å². The summed E-state index contributed by atoms with van der Waals surface area (Å²) in [6, 6.07) is 97.5. The molecular formula is C55H48OP2RhSb. The fraction of sp³-hybridized carbons (Fsp3) is 0. The molecule has 5 heteroatoms. The summed E-state index contributed by atoms with van der Waals surface area (Å²) in [6.45, 7) is 4.50. The van der Waals surface area contributed by atoms with Crippen LogP contribution in [-0.2, 0) is 24.3 Å². The van der Waals surface area contributed by atoms with Gasteiger partial charge < -0.3 is 4.28 Å². The van der Waals surface area contributed by atoms with Gasteiger partial charge in [0, 0.05) is 0 Å². The normalized spacial score (nSPS) is 10.1. The fourth-order valence-corrected chi connectivity index (χ4v) is 17.7. The second kappa shape index (κ2) is 26.2. The van der Waals surface area contributed by atoms with E-state index in [0.717, 1.165) is 0 Å². The summed E-state index contributed by atoms with van der Waals surface area (Å²) in [7, 11) is -0.892. The van der Waals surface area contributed by atoms with Crippen molar-refractivity contribution in [2.45, 2.75) is 0 Å². The van der Waals surface area contributed by atoms with E-state index in [0.29, 0.717) is 0 Å². The number of hydrogen-bond acceptors (Lipinski definition) is 1. The van der Waals surface area contributed by atoms with Gasteiger partial charge in [0.1, 0.15) is 0 Å². The zero-order chi connectivity index (χ0) is 40.7. The van der Waals surface area contributed by atoms with Gasteiger partial charge >= 0.3 is 141 Å². The third-order valence-electron chi connectivity index (χ3n) is 9.13. The van der Waals surface area contributed by atoms with Gasteiger partial charge in [-0.25, -0.2) is 0 Å². The number of hydrogen-bond donors (Lipinski definition) is 0. The molecule has 60 heavy (non-hydrogen) atoms. The first kappa shape index (κ1) is 46.0. The van der Waals surface area contributed by atoms with E-state index in [-0.39, 0.29) is 23.8 Å². The Morgan fingerprint density at radius 2 is 0.383 bits per heavy atom. The summed E-state index contributed by atoms with van der Waals surface area (Å²) in [4.78, 5) is 7.50. The topological polar surface area (TPSA) is 17.1 Å². The average Bonchev–Trinajstić information content (AvgIpc) is 3.34. The van der Waals surface area contributed by atoms with Crippen LogP contribution in [0.15, 0.2) is 273 Å². The van der Waals surface area contributed by atoms with Crippen LogP contribution in [0.2, 0.25) is 0 Å². The predicted octanol–water partition coefficient (Wildman–Crippen LogP) is 9.03. The summed E-state index contributed by atoms with van der Waals surface area (Å²) in [6.07, 6.45) is 0. The first-order chi connectivity index (χ1) is 29.3. The first-order valence-corrected chi connectivity index (χ1v) is 25.9. The summed E-state index contributed by atoms with van der Waals surface area (Å²) >= 11 is -1.83. The molecule has 2 radical (unpaired) electrons. The molecule has 0 bridgehead atoms. The van der Waals surface area contributed by atoms with Gasteiger partial charge in [-0.05, 0) is 47.7 Å². The molecule has 0 atom stereocenters. The van der Waals surface area contributed by atoms with Crippen LogP contribution in [0.3, 0.4) is 0 Å². The molecule has 1 nitrogen and oxygen atoms in total. The Morgan fingerprint density at radius 3 is 0.533 bits per heavy atom. The van der Waals surface area contributed by atoms with Gasteiger partial charge in [-0.2, -0.15) is 0 Å². The van der Waals surface area contributed by atoms with E-state index in [4.69, 9.17) is 4.79 Å². The molecule has 0 saturated heterocycles. The SMILES string of the molecule is [C]=O.[H-].[H-].[H-].[Rh+3].c1cc[c]([Sb]([c]2ccccc2)[c]2ccccc2)cc1.c1ccc(P(c2ccccc2)c2ccccc2)cc1.c1ccc(P(c2ccccc2)c2ccccc2)cc1. The van der Waals surface area contributed by atoms with E-state index in [1.165, 1.54) is 42.4 Å². The minimum absolute atomic E-state index is 0. The largest absolute Gasteiger partial charge is 0.0622 e. The van der Waals surface area contributed by atoms with Crippen LogP contribution in [0, 0.1) is 0 Å². The molecule has 0 spiro atoms. The Hall–Kier alpha value is -5.05. The zero-order valence-electron chi connectivity index (χ0n) is 36.1. The van der Waals surface area contributed by atoms with Gasteiger partial charge in [-0.1, -0.05) is 182 Å². The molecule has 9 aromatic rings. The summed E-state index contributed by atoms with van der Waals surface area (Å²) < 4.78 is 4.55. The summed E-state index contributed by atoms with van der Waals surface area (Å²) in [5.41, 5.74) is 0. The van der Waals surface area contributed by atoms with Gasteiger partial charge in [0.15, 0.2) is 0 Å². The number of carbonyl (C=O) groups excluding carboxylic acids is 1. The van der Waals surface area contributed by atoms with Crippen molar-refractivity contribution in [1.82, 2.24) is 0 Å². The molecule has 0 aromatic heterocycles. The maximum atomic E-state index is 7.50. The molecule has 0 heterocycles. The van der Waals surface area contributed by atoms with E-state index in [2.05, 4.69) is 280 Å². The van der Waals surface area contributed by atoms with Crippen LogP contribution in [0.25, 0.3) is 0 Å². The van der Waals surface area contributed by atoms with Crippen LogP contribution in [0.1, 0.15) is 4.28 Å². The molecule has 0 N–H and O–H groups in total. The summed E-state index contributed by atoms with van der Waals surface area (Å²) in [5.74, 6) is 0. The third-order valence-corrected chi connectivity index (χ3v) is 21.0. The van der Waals surface area contributed by atoms with Crippen molar-refractivity contribution >= 4 is 85.2 Å². The predicted molar refractivity (Wildman–Crippen MR) is 263 cm³/mol. The van der Waals surface area contributed by atoms with Crippen molar-refractivity contribution in [3.8, 4) is 0 Å². The minimum atomic E-state index is -1.83. The van der Waals surface area contributed by atoms with Crippen LogP contribution >= 0.6 is 15.8 Å². The van der Waals surface area contributed by atoms with E-state index in [1.807, 2.05) is 0 Å². The second-order valence-electron chi connectivity index (χ2n) is 13.0. The molecule has 0 aliphatic heterocycles. The van der Waals surface area contributed by atoms with Crippen LogP contribution in [0.5, 0.6) is 0 Å². The second-order valence-corrected chi connectivity index (χ2v) is 23.8. The molecular weight excluding hydrogens is 963 g/mol. The quantitative estimate of drug-likeness (QED) is 0.104. The molecule has 0 aliphatic carbocycles. The Labute approximate surface area is 383 Å². The van der Waals surface area contributed by atoms with Crippen LogP contribution in [0.4, 0.5) is 0 Å². The smallest absolute Gasteiger partial charge is 0.0134 e. The van der Waals surface area contributed by atoms with Crippen LogP contribution < -0.4 is 42.4 Å². The van der Waals surface area contributed by atoms with Crippen LogP contribution in [-0.4, -0.2) is 27.0 Å². The van der Waals surface area contributed by atoms with Gasteiger partial charge in [0.05, 0.1) is 0 Å². The minimum Gasteiger partial charge on any atom is -0.0622 e. The fourth-order valence-electron chi connectivity index (χ4n) is 6.54. The standard InChI is InChI=1S/2C18H15P.3C6H5.CO.Rh.Sb.3H/c2*1-4-10-16(11-5-1)19(17-12-6-2-7-13-17)18-14-8-3-9-15-18;3*1-2-4-6-5-3-1;1-2;;;;;/h2*1-15H;3*1-5H;;;;;;/q;;;;;;+3;;3*-1. The van der Waals surface area contributed by atoms with Crippen molar-refractivity contribution in [3.63, 3.8) is 0 Å². The van der Waals surface area contributed by atoms with Crippen molar-refractivity contribution < 1.29 is 28.6 Å². The molecule has 9 aromatic carbocycles. The monoisotopic (exact) mass is 1010 g/mol. The average molecular weight is 1010 g/mol. The van der Waals surface area contributed by atoms with E-state index >= 15 is 0 Å². The van der Waals surface area contributed by atoms with Crippen molar-refractivity contribution in [2.24, 2.45) is 0 Å². The first-order valence-electron chi connectivity index (χ1n) is 19.4. The number of rotatable bonds is 9. The Balaban J connectivity index is 0.000000309. The zero-order valence-corrected chi connectivity index (χ0v) is 39.0. The molecule has 0 aliphatic rings. The van der Waals surface area contributed by atoms with Gasteiger partial charge in [-0.3, -0.25) is 4.79 Å². The number of benzene rings is 9. The van der Waals surface area contributed by atoms with E-state index < -0.39 is 36.1 Å². The molecule has 0 saturated carbocycles. The van der Waals surface area contributed by atoms with Crippen molar-refractivity contribution in [2.75, 3.05) is 0 Å². The van der Waals surface area contributed by atoms with Gasteiger partial charge in [-0.15, -0.1) is 0 Å². The molecule has 0 unspecified atom stereocenters. The molecule has 0 fully saturated rings. The summed E-state index contributed by atoms with van der Waals surface area (Å²) in [5, 5.41) is 8.39. The van der Waals surface area contributed by atoms with Crippen molar-refractivity contribution in [1.29, 1.82) is 0 Å². The molecule has 298 valence electrons.